The summed E-state index contributed by atoms with van der Waals surface area (Å²) in [5.74, 6) is 0. The van der Waals surface area contributed by atoms with Gasteiger partial charge in [0.2, 0.25) is 0 Å². The van der Waals surface area contributed by atoms with Crippen molar-refractivity contribution in [3.8, 4) is 0 Å². The molecule has 0 spiro atoms. The first-order chi connectivity index (χ1) is 9.72. The highest BCUT2D eigenvalue weighted by Gasteiger charge is 2.11. The zero-order valence-electron chi connectivity index (χ0n) is 12.8. The van der Waals surface area contributed by atoms with E-state index in [2.05, 4.69) is 54.7 Å². The zero-order chi connectivity index (χ0) is 14.4. The summed E-state index contributed by atoms with van der Waals surface area (Å²) in [4.78, 5) is 0. The maximum Gasteiger partial charge on any atom is 0.0537 e. The summed E-state index contributed by atoms with van der Waals surface area (Å²) in [5, 5.41) is 7.82. The molecule has 20 heavy (non-hydrogen) atoms. The Labute approximate surface area is 122 Å². The standard InChI is InChI=1S/C17H25N3/c1-4-11-20-13-16(12-19-20)17(18-3)10-9-15-7-5-14(2)6-8-15/h5-8,12-13,17-18H,4,9-11H2,1-3H3. The van der Waals surface area contributed by atoms with Crippen molar-refractivity contribution in [2.75, 3.05) is 7.05 Å². The van der Waals surface area contributed by atoms with Crippen LogP contribution in [0.3, 0.4) is 0 Å². The second kappa shape index (κ2) is 7.25. The molecule has 0 aliphatic carbocycles. The lowest BCUT2D eigenvalue weighted by Crippen LogP contribution is -2.16. The quantitative estimate of drug-likeness (QED) is 0.835. The molecule has 0 fully saturated rings. The molecule has 1 N–H and O–H groups in total. The van der Waals surface area contributed by atoms with Crippen molar-refractivity contribution in [2.24, 2.45) is 0 Å². The smallest absolute Gasteiger partial charge is 0.0537 e. The van der Waals surface area contributed by atoms with Crippen molar-refractivity contribution in [3.63, 3.8) is 0 Å². The number of aromatic nitrogens is 2. The number of nitrogens with one attached hydrogen (secondary N) is 1. The van der Waals surface area contributed by atoms with Gasteiger partial charge in [-0.25, -0.2) is 0 Å². The summed E-state index contributed by atoms with van der Waals surface area (Å²) in [7, 11) is 2.02. The SMILES string of the molecule is CCCn1cc(C(CCc2ccc(C)cc2)NC)cn1. The summed E-state index contributed by atoms with van der Waals surface area (Å²) in [5.41, 5.74) is 4.00. The van der Waals surface area contributed by atoms with Crippen LogP contribution in [0.5, 0.6) is 0 Å². The van der Waals surface area contributed by atoms with Gasteiger partial charge in [0.05, 0.1) is 6.20 Å². The molecule has 0 radical (unpaired) electrons. The third kappa shape index (κ3) is 3.94. The Kier molecular flexibility index (Phi) is 5.36. The molecule has 3 nitrogen and oxygen atoms in total. The molecule has 2 rings (SSSR count). The summed E-state index contributed by atoms with van der Waals surface area (Å²) in [6.45, 7) is 5.30. The van der Waals surface area contributed by atoms with Crippen LogP contribution < -0.4 is 5.32 Å². The van der Waals surface area contributed by atoms with Gasteiger partial charge in [0, 0.05) is 24.3 Å². The van der Waals surface area contributed by atoms with E-state index in [1.807, 2.05) is 17.9 Å². The second-order valence-electron chi connectivity index (χ2n) is 5.40. The molecule has 1 heterocycles. The Bertz CT molecular complexity index is 513. The van der Waals surface area contributed by atoms with Crippen LogP contribution in [-0.2, 0) is 13.0 Å². The molecule has 0 aliphatic rings. The lowest BCUT2D eigenvalue weighted by atomic mass is 10.0. The van der Waals surface area contributed by atoms with E-state index in [1.165, 1.54) is 16.7 Å². The monoisotopic (exact) mass is 271 g/mol. The molecule has 1 aromatic heterocycles. The number of nitrogens with zero attached hydrogens (tertiary/aromatic N) is 2. The highest BCUT2D eigenvalue weighted by molar-refractivity contribution is 5.22. The van der Waals surface area contributed by atoms with Crippen LogP contribution >= 0.6 is 0 Å². The largest absolute Gasteiger partial charge is 0.313 e. The highest BCUT2D eigenvalue weighted by atomic mass is 15.3. The van der Waals surface area contributed by atoms with Gasteiger partial charge in [0.15, 0.2) is 0 Å². The molecule has 108 valence electrons. The molecule has 0 saturated heterocycles. The maximum absolute atomic E-state index is 4.42. The summed E-state index contributed by atoms with van der Waals surface area (Å²) in [6.07, 6.45) is 7.46. The van der Waals surface area contributed by atoms with Crippen molar-refractivity contribution < 1.29 is 0 Å². The van der Waals surface area contributed by atoms with E-state index in [0.717, 1.165) is 25.8 Å². The van der Waals surface area contributed by atoms with E-state index in [0.29, 0.717) is 6.04 Å². The molecule has 0 amide bonds. The molecular formula is C17H25N3. The van der Waals surface area contributed by atoms with Gasteiger partial charge in [-0.05, 0) is 38.8 Å². The van der Waals surface area contributed by atoms with Crippen LogP contribution in [0.4, 0.5) is 0 Å². The third-order valence-electron chi connectivity index (χ3n) is 3.70. The maximum atomic E-state index is 4.42. The molecular weight excluding hydrogens is 246 g/mol. The average molecular weight is 271 g/mol. The Morgan fingerprint density at radius 2 is 2.00 bits per heavy atom. The molecule has 2 aromatic rings. The minimum Gasteiger partial charge on any atom is -0.313 e. The van der Waals surface area contributed by atoms with E-state index < -0.39 is 0 Å². The Hall–Kier alpha value is -1.61. The van der Waals surface area contributed by atoms with Crippen molar-refractivity contribution in [1.82, 2.24) is 15.1 Å². The molecule has 1 unspecified atom stereocenters. The molecule has 0 saturated carbocycles. The minimum absolute atomic E-state index is 0.377. The van der Waals surface area contributed by atoms with Crippen LogP contribution in [0.1, 0.15) is 42.5 Å². The fraction of sp³-hybridized carbons (Fsp3) is 0.471. The van der Waals surface area contributed by atoms with Crippen LogP contribution in [0, 0.1) is 6.92 Å². The first kappa shape index (κ1) is 14.8. The van der Waals surface area contributed by atoms with Gasteiger partial charge in [-0.3, -0.25) is 4.68 Å². The molecule has 0 aliphatic heterocycles. The normalized spacial score (nSPS) is 12.6. The Balaban J connectivity index is 1.95. The highest BCUT2D eigenvalue weighted by Crippen LogP contribution is 2.18. The van der Waals surface area contributed by atoms with E-state index in [-0.39, 0.29) is 0 Å². The fourth-order valence-electron chi connectivity index (χ4n) is 2.45. The van der Waals surface area contributed by atoms with Crippen LogP contribution in [0.2, 0.25) is 0 Å². The summed E-state index contributed by atoms with van der Waals surface area (Å²) >= 11 is 0. The number of aryl methyl sites for hydroxylation is 3. The van der Waals surface area contributed by atoms with Crippen molar-refractivity contribution in [3.05, 3.63) is 53.3 Å². The van der Waals surface area contributed by atoms with Gasteiger partial charge in [-0.2, -0.15) is 5.10 Å². The number of benzene rings is 1. The first-order valence-corrected chi connectivity index (χ1v) is 7.48. The van der Waals surface area contributed by atoms with Crippen molar-refractivity contribution in [2.45, 2.75) is 45.7 Å². The van der Waals surface area contributed by atoms with Gasteiger partial charge in [0.25, 0.3) is 0 Å². The van der Waals surface area contributed by atoms with Gasteiger partial charge in [-0.15, -0.1) is 0 Å². The van der Waals surface area contributed by atoms with Crippen LogP contribution in [0.25, 0.3) is 0 Å². The summed E-state index contributed by atoms with van der Waals surface area (Å²) < 4.78 is 2.03. The predicted molar refractivity (Wildman–Crippen MR) is 83.8 cm³/mol. The number of hydrogen-bond acceptors (Lipinski definition) is 2. The average Bonchev–Trinajstić information content (AvgIpc) is 2.91. The van der Waals surface area contributed by atoms with E-state index in [1.54, 1.807) is 0 Å². The van der Waals surface area contributed by atoms with Crippen molar-refractivity contribution >= 4 is 0 Å². The molecule has 0 bridgehead atoms. The first-order valence-electron chi connectivity index (χ1n) is 7.48. The van der Waals surface area contributed by atoms with Crippen molar-refractivity contribution in [1.29, 1.82) is 0 Å². The van der Waals surface area contributed by atoms with E-state index >= 15 is 0 Å². The Morgan fingerprint density at radius 1 is 1.25 bits per heavy atom. The third-order valence-corrected chi connectivity index (χ3v) is 3.70. The van der Waals surface area contributed by atoms with Gasteiger partial charge >= 0.3 is 0 Å². The van der Waals surface area contributed by atoms with Gasteiger partial charge in [-0.1, -0.05) is 36.8 Å². The predicted octanol–water partition coefficient (Wildman–Crippen LogP) is 3.49. The second-order valence-corrected chi connectivity index (χ2v) is 5.40. The Morgan fingerprint density at radius 3 is 2.65 bits per heavy atom. The lowest BCUT2D eigenvalue weighted by Gasteiger charge is -2.14. The number of rotatable bonds is 7. The van der Waals surface area contributed by atoms with E-state index in [9.17, 15) is 0 Å². The van der Waals surface area contributed by atoms with Gasteiger partial charge in [0.1, 0.15) is 0 Å². The molecule has 1 atom stereocenters. The van der Waals surface area contributed by atoms with Gasteiger partial charge < -0.3 is 5.32 Å². The van der Waals surface area contributed by atoms with E-state index in [4.69, 9.17) is 0 Å². The van der Waals surface area contributed by atoms with Crippen LogP contribution in [-0.4, -0.2) is 16.8 Å². The number of hydrogen-bond donors (Lipinski definition) is 1. The molecule has 1 aromatic carbocycles. The topological polar surface area (TPSA) is 29.9 Å². The fourth-order valence-corrected chi connectivity index (χ4v) is 2.45. The zero-order valence-corrected chi connectivity index (χ0v) is 12.8. The minimum atomic E-state index is 0.377. The lowest BCUT2D eigenvalue weighted by molar-refractivity contribution is 0.546. The van der Waals surface area contributed by atoms with Crippen LogP contribution in [0.15, 0.2) is 36.7 Å². The summed E-state index contributed by atoms with van der Waals surface area (Å²) in [6, 6.07) is 9.19. The molecule has 3 heteroatoms.